The van der Waals surface area contributed by atoms with Crippen molar-refractivity contribution >= 4 is 34.2 Å². The Balaban J connectivity index is 2.26. The van der Waals surface area contributed by atoms with Gasteiger partial charge in [-0.3, -0.25) is 4.79 Å². The normalized spacial score (nSPS) is 16.6. The summed E-state index contributed by atoms with van der Waals surface area (Å²) < 4.78 is 6.43. The summed E-state index contributed by atoms with van der Waals surface area (Å²) in [6.45, 7) is 3.07. The van der Waals surface area contributed by atoms with Crippen LogP contribution in [0.3, 0.4) is 0 Å². The summed E-state index contributed by atoms with van der Waals surface area (Å²) in [5.41, 5.74) is 0.899. The van der Waals surface area contributed by atoms with Gasteiger partial charge in [-0.15, -0.1) is 0 Å². The van der Waals surface area contributed by atoms with Crippen molar-refractivity contribution in [3.05, 3.63) is 24.3 Å². The lowest BCUT2D eigenvalue weighted by molar-refractivity contribution is -0.121. The molecule has 0 unspecified atom stereocenters. The van der Waals surface area contributed by atoms with Crippen molar-refractivity contribution in [2.75, 3.05) is 22.5 Å². The quantitative estimate of drug-likeness (QED) is 0.629. The minimum atomic E-state index is 0.0513. The molecule has 1 aliphatic heterocycles. The Kier molecular flexibility index (Phi) is 3.68. The number of benzene rings is 1. The highest BCUT2D eigenvalue weighted by molar-refractivity contribution is 14.1. The van der Waals surface area contributed by atoms with Gasteiger partial charge in [0, 0.05) is 11.0 Å². The molecule has 16 heavy (non-hydrogen) atoms. The summed E-state index contributed by atoms with van der Waals surface area (Å²) in [4.78, 5) is 13.6. The number of carbonyl (C=O) groups excluding carboxylic acids is 1. The van der Waals surface area contributed by atoms with Crippen molar-refractivity contribution in [1.29, 1.82) is 0 Å². The van der Waals surface area contributed by atoms with E-state index < -0.39 is 0 Å². The van der Waals surface area contributed by atoms with Gasteiger partial charge in [0.25, 0.3) is 5.91 Å². The third-order valence-corrected chi connectivity index (χ3v) is 4.07. The van der Waals surface area contributed by atoms with Gasteiger partial charge in [-0.05, 0) is 18.1 Å². The molecule has 0 aliphatic carbocycles. The SMILES string of the molecule is C[C@@H](CI)CN1C(=O)COc2ccccc21. The number of fused-ring (bicyclic) bond motifs is 1. The molecule has 0 N–H and O–H groups in total. The zero-order valence-corrected chi connectivity index (χ0v) is 11.3. The highest BCUT2D eigenvalue weighted by atomic mass is 127. The molecule has 1 amide bonds. The van der Waals surface area contributed by atoms with E-state index >= 15 is 0 Å². The summed E-state index contributed by atoms with van der Waals surface area (Å²) in [6, 6.07) is 7.70. The molecule has 0 saturated heterocycles. The van der Waals surface area contributed by atoms with Crippen molar-refractivity contribution in [1.82, 2.24) is 0 Å². The number of nitrogens with zero attached hydrogens (tertiary/aromatic N) is 1. The number of amides is 1. The van der Waals surface area contributed by atoms with Crippen LogP contribution in [0.4, 0.5) is 5.69 Å². The zero-order valence-electron chi connectivity index (χ0n) is 9.15. The van der Waals surface area contributed by atoms with Gasteiger partial charge in [-0.1, -0.05) is 41.6 Å². The van der Waals surface area contributed by atoms with E-state index in [0.717, 1.165) is 22.4 Å². The maximum atomic E-state index is 11.8. The van der Waals surface area contributed by atoms with E-state index in [0.29, 0.717) is 5.92 Å². The van der Waals surface area contributed by atoms with Gasteiger partial charge in [0.2, 0.25) is 0 Å². The summed E-state index contributed by atoms with van der Waals surface area (Å²) in [5, 5.41) is 0. The first-order chi connectivity index (χ1) is 7.72. The molecule has 0 bridgehead atoms. The number of rotatable bonds is 3. The molecule has 1 atom stereocenters. The number of ether oxygens (including phenoxy) is 1. The van der Waals surface area contributed by atoms with Crippen LogP contribution in [-0.4, -0.2) is 23.5 Å². The average molecular weight is 331 g/mol. The summed E-state index contributed by atoms with van der Waals surface area (Å²) in [6.07, 6.45) is 0. The van der Waals surface area contributed by atoms with Gasteiger partial charge in [-0.2, -0.15) is 0 Å². The molecule has 0 saturated carbocycles. The standard InChI is InChI=1S/C12H14INO2/c1-9(6-13)7-14-10-4-2-3-5-11(10)16-8-12(14)15/h2-5,9H,6-8H2,1H3/t9-/m0/s1. The van der Waals surface area contributed by atoms with Crippen LogP contribution in [0, 0.1) is 5.92 Å². The Labute approximate surface area is 109 Å². The molecule has 4 heteroatoms. The summed E-state index contributed by atoms with van der Waals surface area (Å²) in [5.74, 6) is 1.36. The number of para-hydroxylation sites is 2. The molecular weight excluding hydrogens is 317 g/mol. The first kappa shape index (κ1) is 11.7. The zero-order chi connectivity index (χ0) is 11.5. The molecular formula is C12H14INO2. The average Bonchev–Trinajstić information content (AvgIpc) is 2.32. The van der Waals surface area contributed by atoms with Crippen LogP contribution in [0.15, 0.2) is 24.3 Å². The van der Waals surface area contributed by atoms with Gasteiger partial charge in [-0.25, -0.2) is 0 Å². The molecule has 0 radical (unpaired) electrons. The smallest absolute Gasteiger partial charge is 0.265 e. The largest absolute Gasteiger partial charge is 0.482 e. The van der Waals surface area contributed by atoms with E-state index in [1.165, 1.54) is 0 Å². The van der Waals surface area contributed by atoms with Gasteiger partial charge < -0.3 is 9.64 Å². The van der Waals surface area contributed by atoms with Crippen molar-refractivity contribution in [3.8, 4) is 5.75 Å². The van der Waals surface area contributed by atoms with E-state index in [1.54, 1.807) is 0 Å². The molecule has 1 aliphatic rings. The fourth-order valence-corrected chi connectivity index (χ4v) is 1.99. The number of hydrogen-bond acceptors (Lipinski definition) is 2. The lowest BCUT2D eigenvalue weighted by atomic mass is 10.1. The highest BCUT2D eigenvalue weighted by Gasteiger charge is 2.25. The lowest BCUT2D eigenvalue weighted by Gasteiger charge is -2.30. The van der Waals surface area contributed by atoms with Crippen LogP contribution in [0.1, 0.15) is 6.92 Å². The second-order valence-corrected chi connectivity index (χ2v) is 4.90. The van der Waals surface area contributed by atoms with Crippen molar-refractivity contribution in [2.45, 2.75) is 6.92 Å². The predicted octanol–water partition coefficient (Wildman–Crippen LogP) is 2.48. The lowest BCUT2D eigenvalue weighted by Crippen LogP contribution is -2.41. The molecule has 0 spiro atoms. The van der Waals surface area contributed by atoms with E-state index in [2.05, 4.69) is 29.5 Å². The van der Waals surface area contributed by atoms with Crippen LogP contribution < -0.4 is 9.64 Å². The molecule has 1 aromatic carbocycles. The minimum absolute atomic E-state index is 0.0513. The molecule has 1 heterocycles. The molecule has 86 valence electrons. The van der Waals surface area contributed by atoms with Gasteiger partial charge in [0.05, 0.1) is 5.69 Å². The van der Waals surface area contributed by atoms with Crippen LogP contribution in [0.2, 0.25) is 0 Å². The Bertz CT molecular complexity index is 394. The summed E-state index contributed by atoms with van der Waals surface area (Å²) >= 11 is 2.35. The summed E-state index contributed by atoms with van der Waals surface area (Å²) in [7, 11) is 0. The first-order valence-electron chi connectivity index (χ1n) is 5.30. The monoisotopic (exact) mass is 331 g/mol. The van der Waals surface area contributed by atoms with E-state index in [-0.39, 0.29) is 12.5 Å². The first-order valence-corrected chi connectivity index (χ1v) is 6.83. The molecule has 0 fully saturated rings. The van der Waals surface area contributed by atoms with E-state index in [1.807, 2.05) is 29.2 Å². The van der Waals surface area contributed by atoms with Gasteiger partial charge in [0.15, 0.2) is 6.61 Å². The molecule has 2 rings (SSSR count). The second-order valence-electron chi connectivity index (χ2n) is 4.02. The van der Waals surface area contributed by atoms with Gasteiger partial charge in [0.1, 0.15) is 5.75 Å². The third kappa shape index (κ3) is 2.31. The number of alkyl halides is 1. The van der Waals surface area contributed by atoms with Crippen molar-refractivity contribution in [2.24, 2.45) is 5.92 Å². The highest BCUT2D eigenvalue weighted by Crippen LogP contribution is 2.31. The number of carbonyl (C=O) groups is 1. The Hall–Kier alpha value is -0.780. The van der Waals surface area contributed by atoms with Crippen LogP contribution in [-0.2, 0) is 4.79 Å². The predicted molar refractivity (Wildman–Crippen MR) is 72.3 cm³/mol. The number of anilines is 1. The second kappa shape index (κ2) is 5.03. The molecule has 0 aromatic heterocycles. The minimum Gasteiger partial charge on any atom is -0.482 e. The number of halogens is 1. The number of hydrogen-bond donors (Lipinski definition) is 0. The Morgan fingerprint density at radius 3 is 3.00 bits per heavy atom. The van der Waals surface area contributed by atoms with E-state index in [4.69, 9.17) is 4.74 Å². The van der Waals surface area contributed by atoms with Gasteiger partial charge >= 0.3 is 0 Å². The van der Waals surface area contributed by atoms with Crippen molar-refractivity contribution in [3.63, 3.8) is 0 Å². The van der Waals surface area contributed by atoms with Crippen LogP contribution in [0.25, 0.3) is 0 Å². The van der Waals surface area contributed by atoms with Crippen molar-refractivity contribution < 1.29 is 9.53 Å². The topological polar surface area (TPSA) is 29.5 Å². The molecule has 3 nitrogen and oxygen atoms in total. The fourth-order valence-electron chi connectivity index (χ4n) is 1.71. The maximum Gasteiger partial charge on any atom is 0.265 e. The third-order valence-electron chi connectivity index (χ3n) is 2.57. The van der Waals surface area contributed by atoms with Crippen LogP contribution in [0.5, 0.6) is 5.75 Å². The van der Waals surface area contributed by atoms with E-state index in [9.17, 15) is 4.79 Å². The Morgan fingerprint density at radius 1 is 1.50 bits per heavy atom. The Morgan fingerprint density at radius 2 is 2.25 bits per heavy atom. The molecule has 1 aromatic rings. The maximum absolute atomic E-state index is 11.8. The van der Waals surface area contributed by atoms with Crippen LogP contribution >= 0.6 is 22.6 Å². The fraction of sp³-hybridized carbons (Fsp3) is 0.417.